The number of aromatic nitrogens is 2. The maximum absolute atomic E-state index is 12.8. The van der Waals surface area contributed by atoms with Crippen molar-refractivity contribution < 1.29 is 9.21 Å². The lowest BCUT2D eigenvalue weighted by atomic mass is 10.1. The lowest BCUT2D eigenvalue weighted by Crippen LogP contribution is -2.33. The van der Waals surface area contributed by atoms with E-state index in [1.54, 1.807) is 23.9 Å². The Morgan fingerprint density at radius 2 is 1.77 bits per heavy atom. The van der Waals surface area contributed by atoms with Gasteiger partial charge >= 0.3 is 6.03 Å². The van der Waals surface area contributed by atoms with Crippen LogP contribution in [0.25, 0.3) is 11.5 Å². The molecule has 0 aliphatic carbocycles. The molecule has 4 aromatic rings. The van der Waals surface area contributed by atoms with Crippen LogP contribution in [-0.4, -0.2) is 22.5 Å². The normalized spacial score (nSPS) is 11.7. The number of benzene rings is 3. The third kappa shape index (κ3) is 5.07. The molecule has 0 radical (unpaired) electrons. The number of anilines is 1. The highest BCUT2D eigenvalue weighted by Crippen LogP contribution is 2.29. The number of carbonyl (C=O) groups is 1. The third-order valence-electron chi connectivity index (χ3n) is 4.53. The molecule has 1 heterocycles. The summed E-state index contributed by atoms with van der Waals surface area (Å²) in [6, 6.07) is 23.3. The minimum atomic E-state index is -0.631. The first-order valence-corrected chi connectivity index (χ1v) is 11.1. The highest BCUT2D eigenvalue weighted by atomic mass is 35.5. The Kier molecular flexibility index (Phi) is 6.54. The van der Waals surface area contributed by atoms with Gasteiger partial charge in [0.25, 0.3) is 0 Å². The zero-order valence-electron chi connectivity index (χ0n) is 16.6. The van der Waals surface area contributed by atoms with Crippen molar-refractivity contribution in [2.24, 2.45) is 0 Å². The summed E-state index contributed by atoms with van der Waals surface area (Å²) in [5, 5.41) is 14.6. The molecule has 0 bridgehead atoms. The monoisotopic (exact) mass is 450 g/mol. The van der Waals surface area contributed by atoms with Gasteiger partial charge in [-0.05, 0) is 42.2 Å². The van der Waals surface area contributed by atoms with E-state index in [-0.39, 0.29) is 17.8 Å². The minimum absolute atomic E-state index is 0.258. The van der Waals surface area contributed by atoms with E-state index in [4.69, 9.17) is 16.0 Å². The molecule has 0 saturated heterocycles. The Morgan fingerprint density at radius 3 is 2.55 bits per heavy atom. The van der Waals surface area contributed by atoms with E-state index in [0.29, 0.717) is 16.3 Å². The van der Waals surface area contributed by atoms with Gasteiger partial charge in [0.1, 0.15) is 6.04 Å². The zero-order valence-corrected chi connectivity index (χ0v) is 18.2. The van der Waals surface area contributed by atoms with Crippen molar-refractivity contribution in [3.8, 4) is 11.5 Å². The van der Waals surface area contributed by atoms with Gasteiger partial charge in [0.05, 0.1) is 10.6 Å². The Hall–Kier alpha value is -3.29. The first-order chi connectivity index (χ1) is 15.1. The van der Waals surface area contributed by atoms with Crippen LogP contribution in [-0.2, 0) is 0 Å². The highest BCUT2D eigenvalue weighted by molar-refractivity contribution is 7.98. The van der Waals surface area contributed by atoms with Crippen LogP contribution < -0.4 is 10.6 Å². The molecule has 156 valence electrons. The SMILES string of the molecule is CSc1cccc(NC(=O)NC(c2ccccc2)c2nnc(-c3ccccc3Cl)o2)c1. The van der Waals surface area contributed by atoms with Gasteiger partial charge < -0.3 is 15.1 Å². The number of amides is 2. The number of rotatable bonds is 6. The van der Waals surface area contributed by atoms with Gasteiger partial charge in [-0.1, -0.05) is 60.1 Å². The number of nitrogens with zero attached hydrogens (tertiary/aromatic N) is 2. The summed E-state index contributed by atoms with van der Waals surface area (Å²) in [6.07, 6.45) is 1.98. The van der Waals surface area contributed by atoms with E-state index in [2.05, 4.69) is 20.8 Å². The van der Waals surface area contributed by atoms with Gasteiger partial charge in [0.15, 0.2) is 0 Å². The molecule has 8 heteroatoms. The van der Waals surface area contributed by atoms with Gasteiger partial charge in [-0.3, -0.25) is 0 Å². The van der Waals surface area contributed by atoms with E-state index in [0.717, 1.165) is 10.5 Å². The smallest absolute Gasteiger partial charge is 0.320 e. The van der Waals surface area contributed by atoms with Crippen LogP contribution in [0.3, 0.4) is 0 Å². The first kappa shape index (κ1) is 21.0. The van der Waals surface area contributed by atoms with Gasteiger partial charge in [-0.25, -0.2) is 4.79 Å². The molecule has 0 spiro atoms. The number of halogens is 1. The molecule has 31 heavy (non-hydrogen) atoms. The largest absolute Gasteiger partial charge is 0.418 e. The predicted molar refractivity (Wildman–Crippen MR) is 123 cm³/mol. The molecule has 2 amide bonds. The van der Waals surface area contributed by atoms with Gasteiger partial charge in [0, 0.05) is 10.6 Å². The molecule has 3 aromatic carbocycles. The van der Waals surface area contributed by atoms with E-state index < -0.39 is 6.04 Å². The fourth-order valence-electron chi connectivity index (χ4n) is 3.03. The van der Waals surface area contributed by atoms with E-state index >= 15 is 0 Å². The lowest BCUT2D eigenvalue weighted by Gasteiger charge is -2.16. The number of hydrogen-bond acceptors (Lipinski definition) is 5. The fraction of sp³-hybridized carbons (Fsp3) is 0.0870. The molecule has 0 saturated carbocycles. The summed E-state index contributed by atoms with van der Waals surface area (Å²) in [6.45, 7) is 0. The minimum Gasteiger partial charge on any atom is -0.418 e. The first-order valence-electron chi connectivity index (χ1n) is 9.49. The molecule has 0 aliphatic heterocycles. The van der Waals surface area contributed by atoms with Crippen molar-refractivity contribution in [3.05, 3.63) is 95.3 Å². The Morgan fingerprint density at radius 1 is 1.00 bits per heavy atom. The van der Waals surface area contributed by atoms with Crippen molar-refractivity contribution in [1.29, 1.82) is 0 Å². The number of nitrogens with one attached hydrogen (secondary N) is 2. The number of thioether (sulfide) groups is 1. The highest BCUT2D eigenvalue weighted by Gasteiger charge is 2.24. The summed E-state index contributed by atoms with van der Waals surface area (Å²) in [5.74, 6) is 0.547. The van der Waals surface area contributed by atoms with Crippen LogP contribution in [0.1, 0.15) is 17.5 Å². The predicted octanol–water partition coefficient (Wildman–Crippen LogP) is 6.02. The molecule has 0 aliphatic rings. The summed E-state index contributed by atoms with van der Waals surface area (Å²) in [5.41, 5.74) is 2.14. The van der Waals surface area contributed by atoms with E-state index in [1.165, 1.54) is 0 Å². The Balaban J connectivity index is 1.60. The molecule has 0 fully saturated rings. The van der Waals surface area contributed by atoms with Gasteiger partial charge in [-0.2, -0.15) is 0 Å². The molecular formula is C23H19ClN4O2S. The van der Waals surface area contributed by atoms with Crippen molar-refractivity contribution in [2.75, 3.05) is 11.6 Å². The average Bonchev–Trinajstić information content (AvgIpc) is 3.28. The van der Waals surface area contributed by atoms with Crippen molar-refractivity contribution in [2.45, 2.75) is 10.9 Å². The summed E-state index contributed by atoms with van der Waals surface area (Å²) in [4.78, 5) is 13.8. The molecular weight excluding hydrogens is 432 g/mol. The summed E-state index contributed by atoms with van der Waals surface area (Å²) >= 11 is 7.86. The Bertz CT molecular complexity index is 1180. The second-order valence-electron chi connectivity index (χ2n) is 6.60. The number of urea groups is 1. The van der Waals surface area contributed by atoms with Crippen molar-refractivity contribution in [1.82, 2.24) is 15.5 Å². The van der Waals surface area contributed by atoms with Crippen LogP contribution in [0.2, 0.25) is 5.02 Å². The molecule has 1 atom stereocenters. The lowest BCUT2D eigenvalue weighted by molar-refractivity contribution is 0.248. The maximum Gasteiger partial charge on any atom is 0.320 e. The molecule has 1 unspecified atom stereocenters. The quantitative estimate of drug-likeness (QED) is 0.351. The van der Waals surface area contributed by atoms with Crippen LogP contribution in [0.4, 0.5) is 10.5 Å². The maximum atomic E-state index is 12.8. The van der Waals surface area contributed by atoms with Crippen LogP contribution in [0, 0.1) is 0 Å². The van der Waals surface area contributed by atoms with E-state index in [1.807, 2.05) is 73.0 Å². The topological polar surface area (TPSA) is 80.0 Å². The second kappa shape index (κ2) is 9.68. The average molecular weight is 451 g/mol. The van der Waals surface area contributed by atoms with Crippen LogP contribution in [0.5, 0.6) is 0 Å². The fourth-order valence-corrected chi connectivity index (χ4v) is 3.70. The third-order valence-corrected chi connectivity index (χ3v) is 5.58. The summed E-state index contributed by atoms with van der Waals surface area (Å²) in [7, 11) is 0. The molecule has 2 N–H and O–H groups in total. The summed E-state index contributed by atoms with van der Waals surface area (Å²) < 4.78 is 5.90. The molecule has 4 rings (SSSR count). The molecule has 1 aromatic heterocycles. The van der Waals surface area contributed by atoms with Gasteiger partial charge in [-0.15, -0.1) is 22.0 Å². The van der Waals surface area contributed by atoms with Crippen molar-refractivity contribution in [3.63, 3.8) is 0 Å². The number of carbonyl (C=O) groups excluding carboxylic acids is 1. The Labute approximate surface area is 189 Å². The van der Waals surface area contributed by atoms with Crippen LogP contribution in [0.15, 0.2) is 88.2 Å². The van der Waals surface area contributed by atoms with Crippen LogP contribution >= 0.6 is 23.4 Å². The van der Waals surface area contributed by atoms with Crippen molar-refractivity contribution >= 4 is 35.1 Å². The van der Waals surface area contributed by atoms with E-state index in [9.17, 15) is 4.79 Å². The number of hydrogen-bond donors (Lipinski definition) is 2. The molecule has 6 nitrogen and oxygen atoms in total. The van der Waals surface area contributed by atoms with Gasteiger partial charge in [0.2, 0.25) is 11.8 Å². The standard InChI is InChI=1S/C23H19ClN4O2S/c1-31-17-11-7-10-16(14-17)25-23(29)26-20(15-8-3-2-4-9-15)22-28-27-21(30-22)18-12-5-6-13-19(18)24/h2-14,20H,1H3,(H2,25,26,29). The zero-order chi connectivity index (χ0) is 21.6. The second-order valence-corrected chi connectivity index (χ2v) is 7.89.